The lowest BCUT2D eigenvalue weighted by atomic mass is 10.0. The summed E-state index contributed by atoms with van der Waals surface area (Å²) in [5, 5.41) is 9.46. The van der Waals surface area contributed by atoms with Crippen molar-refractivity contribution in [1.82, 2.24) is 4.57 Å². The van der Waals surface area contributed by atoms with Gasteiger partial charge in [0.05, 0.1) is 11.6 Å². The lowest BCUT2D eigenvalue weighted by Gasteiger charge is -2.15. The van der Waals surface area contributed by atoms with Crippen LogP contribution in [0.4, 0.5) is 0 Å². The summed E-state index contributed by atoms with van der Waals surface area (Å²) in [4.78, 5) is 36.3. The summed E-state index contributed by atoms with van der Waals surface area (Å²) in [5.41, 5.74) is 2.41. The number of aromatic nitrogens is 1. The Hall–Kier alpha value is -3.62. The van der Waals surface area contributed by atoms with Gasteiger partial charge in [0.2, 0.25) is 0 Å². The quantitative estimate of drug-likeness (QED) is 0.607. The topological polar surface area (TPSA) is 76.4 Å². The molecule has 0 radical (unpaired) electrons. The van der Waals surface area contributed by atoms with Crippen molar-refractivity contribution >= 4 is 23.4 Å². The van der Waals surface area contributed by atoms with E-state index in [1.807, 2.05) is 0 Å². The molecular formula is C24H18ClNO4. The summed E-state index contributed by atoms with van der Waals surface area (Å²) in [6.45, 7) is 1.65. The van der Waals surface area contributed by atoms with Crippen molar-refractivity contribution in [2.24, 2.45) is 0 Å². The number of hydrogen-bond acceptors (Lipinski definition) is 3. The first-order chi connectivity index (χ1) is 14.3. The predicted octanol–water partition coefficient (Wildman–Crippen LogP) is 4.22. The summed E-state index contributed by atoms with van der Waals surface area (Å²) >= 11 is 6.06. The maximum Gasteiger partial charge on any atom is 0.335 e. The molecule has 3 aromatic rings. The van der Waals surface area contributed by atoms with Gasteiger partial charge in [-0.25, -0.2) is 4.79 Å². The Bertz CT molecular complexity index is 1220. The second-order valence-corrected chi connectivity index (χ2v) is 7.25. The molecule has 0 aliphatic heterocycles. The predicted molar refractivity (Wildman–Crippen MR) is 116 cm³/mol. The maximum atomic E-state index is 12.7. The van der Waals surface area contributed by atoms with Gasteiger partial charge in [-0.15, -0.1) is 6.42 Å². The molecule has 2 aromatic carbocycles. The zero-order valence-electron chi connectivity index (χ0n) is 16.1. The van der Waals surface area contributed by atoms with Gasteiger partial charge < -0.3 is 9.67 Å². The number of aromatic carboxylic acids is 1. The van der Waals surface area contributed by atoms with Crippen molar-refractivity contribution in [1.29, 1.82) is 0 Å². The highest BCUT2D eigenvalue weighted by Crippen LogP contribution is 2.26. The van der Waals surface area contributed by atoms with Crippen molar-refractivity contribution < 1.29 is 14.7 Å². The van der Waals surface area contributed by atoms with Crippen molar-refractivity contribution in [3.8, 4) is 23.5 Å². The third kappa shape index (κ3) is 4.51. The molecule has 150 valence electrons. The molecule has 3 rings (SSSR count). The Kier molecular flexibility index (Phi) is 6.20. The Balaban J connectivity index is 1.83. The molecule has 0 saturated heterocycles. The third-order valence-corrected chi connectivity index (χ3v) is 5.09. The first-order valence-electron chi connectivity index (χ1n) is 9.14. The number of halogens is 1. The van der Waals surface area contributed by atoms with E-state index in [1.165, 1.54) is 22.8 Å². The molecular weight excluding hydrogens is 402 g/mol. The molecule has 6 heteroatoms. The van der Waals surface area contributed by atoms with E-state index in [1.54, 1.807) is 49.5 Å². The van der Waals surface area contributed by atoms with Crippen LogP contribution in [0.3, 0.4) is 0 Å². The summed E-state index contributed by atoms with van der Waals surface area (Å²) < 4.78 is 1.36. The Morgan fingerprint density at radius 3 is 2.43 bits per heavy atom. The van der Waals surface area contributed by atoms with Crippen molar-refractivity contribution in [3.05, 3.63) is 92.9 Å². The maximum absolute atomic E-state index is 12.7. The number of carbonyl (C=O) groups excluding carboxylic acids is 1. The molecule has 0 bridgehead atoms. The molecule has 0 amide bonds. The van der Waals surface area contributed by atoms with E-state index in [0.29, 0.717) is 27.3 Å². The van der Waals surface area contributed by atoms with Gasteiger partial charge in [0, 0.05) is 29.3 Å². The van der Waals surface area contributed by atoms with Gasteiger partial charge in [-0.3, -0.25) is 9.59 Å². The second kappa shape index (κ2) is 8.81. The van der Waals surface area contributed by atoms with E-state index < -0.39 is 12.0 Å². The van der Waals surface area contributed by atoms with Crippen LogP contribution >= 0.6 is 11.6 Å². The number of terminal acetylenes is 1. The summed E-state index contributed by atoms with van der Waals surface area (Å²) in [6, 6.07) is 13.7. The van der Waals surface area contributed by atoms with E-state index in [4.69, 9.17) is 23.1 Å². The molecule has 5 nitrogen and oxygen atoms in total. The monoisotopic (exact) mass is 419 g/mol. The molecule has 1 N–H and O–H groups in total. The number of rotatable bonds is 6. The number of carbonyl (C=O) groups is 2. The SMILES string of the molecule is C#Cc1ccc(Cl)cc1-c1ccn(C(C)C(=O)Cc2ccc(C(=O)O)cc2)c(=O)c1. The normalized spacial score (nSPS) is 11.5. The van der Waals surface area contributed by atoms with Gasteiger partial charge in [-0.2, -0.15) is 0 Å². The minimum atomic E-state index is -1.03. The highest BCUT2D eigenvalue weighted by molar-refractivity contribution is 6.30. The Morgan fingerprint density at radius 2 is 1.83 bits per heavy atom. The number of Topliss-reactive ketones (excluding diaryl/α,β-unsaturated/α-hetero) is 1. The number of benzene rings is 2. The molecule has 0 saturated carbocycles. The van der Waals surface area contributed by atoms with E-state index >= 15 is 0 Å². The van der Waals surface area contributed by atoms with E-state index in [0.717, 1.165) is 0 Å². The Labute approximate surface area is 178 Å². The average molecular weight is 420 g/mol. The first-order valence-corrected chi connectivity index (χ1v) is 9.51. The van der Waals surface area contributed by atoms with Gasteiger partial charge in [-0.1, -0.05) is 29.7 Å². The summed E-state index contributed by atoms with van der Waals surface area (Å²) in [5.74, 6) is 1.38. The highest BCUT2D eigenvalue weighted by Gasteiger charge is 2.17. The molecule has 30 heavy (non-hydrogen) atoms. The molecule has 0 spiro atoms. The van der Waals surface area contributed by atoms with E-state index in [9.17, 15) is 14.4 Å². The number of nitrogens with zero attached hydrogens (tertiary/aromatic N) is 1. The molecule has 1 unspecified atom stereocenters. The molecule has 0 fully saturated rings. The van der Waals surface area contributed by atoms with Crippen LogP contribution in [0, 0.1) is 12.3 Å². The molecule has 1 atom stereocenters. The van der Waals surface area contributed by atoms with Crippen molar-refractivity contribution in [2.45, 2.75) is 19.4 Å². The number of carboxylic acids is 1. The van der Waals surface area contributed by atoms with Crippen molar-refractivity contribution in [2.75, 3.05) is 0 Å². The standard InChI is InChI=1S/C24H18ClNO4/c1-3-17-8-9-20(25)14-21(17)19-10-11-26(23(28)13-19)15(2)22(27)12-16-4-6-18(7-5-16)24(29)30/h1,4-11,13-15H,12H2,2H3,(H,29,30). The van der Waals surface area contributed by atoms with E-state index in [-0.39, 0.29) is 23.3 Å². The van der Waals surface area contributed by atoms with Crippen LogP contribution in [-0.4, -0.2) is 21.4 Å². The lowest BCUT2D eigenvalue weighted by Crippen LogP contribution is -2.28. The number of pyridine rings is 1. The van der Waals surface area contributed by atoms with Gasteiger partial charge in [-0.05, 0) is 60.0 Å². The first kappa shape index (κ1) is 21.1. The third-order valence-electron chi connectivity index (χ3n) is 4.86. The molecule has 1 heterocycles. The highest BCUT2D eigenvalue weighted by atomic mass is 35.5. The van der Waals surface area contributed by atoms with Crippen LogP contribution in [0.15, 0.2) is 65.6 Å². The van der Waals surface area contributed by atoms with E-state index in [2.05, 4.69) is 5.92 Å². The zero-order chi connectivity index (χ0) is 21.8. The largest absolute Gasteiger partial charge is 0.478 e. The van der Waals surface area contributed by atoms with Crippen LogP contribution in [0.25, 0.3) is 11.1 Å². The summed E-state index contributed by atoms with van der Waals surface area (Å²) in [7, 11) is 0. The van der Waals surface area contributed by atoms with Gasteiger partial charge in [0.25, 0.3) is 5.56 Å². The zero-order valence-corrected chi connectivity index (χ0v) is 16.9. The Morgan fingerprint density at radius 1 is 1.13 bits per heavy atom. The fourth-order valence-corrected chi connectivity index (χ4v) is 3.30. The van der Waals surface area contributed by atoms with Crippen LogP contribution in [0.2, 0.25) is 5.02 Å². The number of ketones is 1. The van der Waals surface area contributed by atoms with Crippen molar-refractivity contribution in [3.63, 3.8) is 0 Å². The minimum absolute atomic E-state index is 0.0881. The van der Waals surface area contributed by atoms with Gasteiger partial charge in [0.1, 0.15) is 0 Å². The van der Waals surface area contributed by atoms with Gasteiger partial charge in [0.15, 0.2) is 5.78 Å². The van der Waals surface area contributed by atoms with Crippen LogP contribution in [-0.2, 0) is 11.2 Å². The fraction of sp³-hybridized carbons (Fsp3) is 0.125. The van der Waals surface area contributed by atoms with Crippen LogP contribution < -0.4 is 5.56 Å². The lowest BCUT2D eigenvalue weighted by molar-refractivity contribution is -0.121. The molecule has 0 aliphatic rings. The molecule has 0 aliphatic carbocycles. The number of carboxylic acid groups (broad SMARTS) is 1. The fourth-order valence-electron chi connectivity index (χ4n) is 3.13. The van der Waals surface area contributed by atoms with Crippen LogP contribution in [0.5, 0.6) is 0 Å². The number of hydrogen-bond donors (Lipinski definition) is 1. The smallest absolute Gasteiger partial charge is 0.335 e. The average Bonchev–Trinajstić information content (AvgIpc) is 2.73. The second-order valence-electron chi connectivity index (χ2n) is 6.82. The minimum Gasteiger partial charge on any atom is -0.478 e. The van der Waals surface area contributed by atoms with Crippen LogP contribution in [0.1, 0.15) is 34.5 Å². The molecule has 1 aromatic heterocycles. The summed E-state index contributed by atoms with van der Waals surface area (Å²) in [6.07, 6.45) is 7.19. The van der Waals surface area contributed by atoms with Gasteiger partial charge >= 0.3 is 5.97 Å².